The molecular formula is C17H11BrFNO3. The van der Waals surface area contributed by atoms with Gasteiger partial charge in [-0.2, -0.15) is 0 Å². The molecule has 0 aliphatic carbocycles. The highest BCUT2D eigenvalue weighted by molar-refractivity contribution is 9.10. The molecule has 0 bridgehead atoms. The van der Waals surface area contributed by atoms with E-state index in [1.54, 1.807) is 25.3 Å². The summed E-state index contributed by atoms with van der Waals surface area (Å²) in [5.74, 6) is -0.0562. The molecule has 0 fully saturated rings. The zero-order valence-electron chi connectivity index (χ0n) is 12.0. The van der Waals surface area contributed by atoms with Crippen LogP contribution < -0.4 is 4.74 Å². The van der Waals surface area contributed by atoms with Crippen LogP contribution in [-0.4, -0.2) is 19.0 Å². The molecule has 1 aliphatic rings. The van der Waals surface area contributed by atoms with E-state index in [0.29, 0.717) is 11.3 Å². The summed E-state index contributed by atoms with van der Waals surface area (Å²) < 4.78 is 24.0. The Labute approximate surface area is 140 Å². The highest BCUT2D eigenvalue weighted by atomic mass is 79.9. The second-order valence-corrected chi connectivity index (χ2v) is 5.59. The molecule has 4 nitrogen and oxygen atoms in total. The van der Waals surface area contributed by atoms with Gasteiger partial charge < -0.3 is 9.47 Å². The van der Waals surface area contributed by atoms with Crippen LogP contribution in [0.5, 0.6) is 5.75 Å². The molecule has 2 aromatic rings. The van der Waals surface area contributed by atoms with Crippen molar-refractivity contribution < 1.29 is 18.7 Å². The molecule has 0 amide bonds. The molecule has 1 aliphatic heterocycles. The molecule has 116 valence electrons. The molecule has 1 heterocycles. The number of hydrogen-bond donors (Lipinski definition) is 0. The maximum absolute atomic E-state index is 12.9. The first-order chi connectivity index (χ1) is 11.1. The van der Waals surface area contributed by atoms with Crippen LogP contribution in [0.2, 0.25) is 0 Å². The Bertz CT molecular complexity index is 828. The van der Waals surface area contributed by atoms with E-state index >= 15 is 0 Å². The largest absolute Gasteiger partial charge is 0.496 e. The smallest absolute Gasteiger partial charge is 0.363 e. The van der Waals surface area contributed by atoms with E-state index in [9.17, 15) is 9.18 Å². The lowest BCUT2D eigenvalue weighted by atomic mass is 10.2. The summed E-state index contributed by atoms with van der Waals surface area (Å²) in [6.07, 6.45) is 1.61. The Morgan fingerprint density at radius 3 is 2.61 bits per heavy atom. The number of aliphatic imine (C=N–C) groups is 1. The Morgan fingerprint density at radius 2 is 1.96 bits per heavy atom. The number of nitrogens with zero attached hydrogens (tertiary/aromatic N) is 1. The Morgan fingerprint density at radius 1 is 1.22 bits per heavy atom. The minimum absolute atomic E-state index is 0.161. The number of cyclic esters (lactones) is 1. The molecule has 0 saturated heterocycles. The average Bonchev–Trinajstić information content (AvgIpc) is 2.89. The van der Waals surface area contributed by atoms with Crippen molar-refractivity contribution in [3.63, 3.8) is 0 Å². The van der Waals surface area contributed by atoms with E-state index in [1.165, 1.54) is 24.3 Å². The summed E-state index contributed by atoms with van der Waals surface area (Å²) >= 11 is 3.39. The van der Waals surface area contributed by atoms with Crippen molar-refractivity contribution in [3.05, 3.63) is 69.6 Å². The van der Waals surface area contributed by atoms with E-state index in [0.717, 1.165) is 10.0 Å². The number of rotatable bonds is 3. The number of carbonyl (C=O) groups is 1. The first-order valence-electron chi connectivity index (χ1n) is 6.69. The van der Waals surface area contributed by atoms with Crippen molar-refractivity contribution in [1.82, 2.24) is 0 Å². The molecule has 23 heavy (non-hydrogen) atoms. The molecule has 0 atom stereocenters. The Kier molecular flexibility index (Phi) is 4.25. The number of methoxy groups -OCH3 is 1. The molecule has 0 saturated carbocycles. The van der Waals surface area contributed by atoms with Crippen molar-refractivity contribution in [2.45, 2.75) is 0 Å². The van der Waals surface area contributed by atoms with Gasteiger partial charge in [-0.3, -0.25) is 0 Å². The summed E-state index contributed by atoms with van der Waals surface area (Å²) in [6.45, 7) is 0. The SMILES string of the molecule is COc1ccc(C=C2N=C(c3ccc(F)cc3)OC2=O)cc1Br. The van der Waals surface area contributed by atoms with Crippen molar-refractivity contribution in [2.24, 2.45) is 4.99 Å². The molecule has 6 heteroatoms. The quantitative estimate of drug-likeness (QED) is 0.602. The molecular weight excluding hydrogens is 365 g/mol. The third-order valence-corrected chi connectivity index (χ3v) is 3.81. The lowest BCUT2D eigenvalue weighted by molar-refractivity contribution is -0.129. The van der Waals surface area contributed by atoms with Crippen LogP contribution in [0.1, 0.15) is 11.1 Å². The Hall–Kier alpha value is -2.47. The van der Waals surface area contributed by atoms with Crippen molar-refractivity contribution in [3.8, 4) is 5.75 Å². The normalized spacial score (nSPS) is 15.5. The molecule has 0 N–H and O–H groups in total. The van der Waals surface area contributed by atoms with E-state index in [2.05, 4.69) is 20.9 Å². The number of esters is 1. The van der Waals surface area contributed by atoms with Crippen LogP contribution in [0, 0.1) is 5.82 Å². The molecule has 0 spiro atoms. The van der Waals surface area contributed by atoms with Crippen LogP contribution in [0.15, 0.2) is 57.6 Å². The predicted molar refractivity (Wildman–Crippen MR) is 87.7 cm³/mol. The maximum atomic E-state index is 12.9. The highest BCUT2D eigenvalue weighted by Crippen LogP contribution is 2.27. The van der Waals surface area contributed by atoms with Gasteiger partial charge in [0.05, 0.1) is 11.6 Å². The summed E-state index contributed by atoms with van der Waals surface area (Å²) in [5.41, 5.74) is 1.49. The topological polar surface area (TPSA) is 47.9 Å². The third-order valence-electron chi connectivity index (χ3n) is 3.19. The number of benzene rings is 2. The summed E-state index contributed by atoms with van der Waals surface area (Å²) in [6, 6.07) is 11.0. The first-order valence-corrected chi connectivity index (χ1v) is 7.48. The predicted octanol–water partition coefficient (Wildman–Crippen LogP) is 3.94. The van der Waals surface area contributed by atoms with Crippen LogP contribution in [0.3, 0.4) is 0 Å². The number of hydrogen-bond acceptors (Lipinski definition) is 4. The highest BCUT2D eigenvalue weighted by Gasteiger charge is 2.24. The van der Waals surface area contributed by atoms with E-state index in [-0.39, 0.29) is 17.4 Å². The van der Waals surface area contributed by atoms with E-state index in [4.69, 9.17) is 9.47 Å². The third kappa shape index (κ3) is 3.32. The van der Waals surface area contributed by atoms with Gasteiger partial charge in [0, 0.05) is 5.56 Å². The van der Waals surface area contributed by atoms with Gasteiger partial charge in [-0.1, -0.05) is 6.07 Å². The van der Waals surface area contributed by atoms with Crippen molar-refractivity contribution in [2.75, 3.05) is 7.11 Å². The summed E-state index contributed by atoms with van der Waals surface area (Å²) in [5, 5.41) is 0. The van der Waals surface area contributed by atoms with Crippen LogP contribution >= 0.6 is 15.9 Å². The molecule has 0 aromatic heterocycles. The molecule has 0 unspecified atom stereocenters. The second-order valence-electron chi connectivity index (χ2n) is 4.74. The fourth-order valence-corrected chi connectivity index (χ4v) is 2.61. The van der Waals surface area contributed by atoms with E-state index in [1.807, 2.05) is 6.07 Å². The van der Waals surface area contributed by atoms with Gasteiger partial charge in [0.15, 0.2) is 5.70 Å². The fourth-order valence-electron chi connectivity index (χ4n) is 2.06. The fraction of sp³-hybridized carbons (Fsp3) is 0.0588. The standard InChI is InChI=1S/C17H11BrFNO3/c1-22-15-7-2-10(8-13(15)18)9-14-17(21)23-16(20-14)11-3-5-12(19)6-4-11/h2-9H,1H3. The minimum Gasteiger partial charge on any atom is -0.496 e. The maximum Gasteiger partial charge on any atom is 0.363 e. The lowest BCUT2D eigenvalue weighted by Gasteiger charge is -2.03. The van der Waals surface area contributed by atoms with Crippen LogP contribution in [-0.2, 0) is 9.53 Å². The second kappa shape index (κ2) is 6.34. The van der Waals surface area contributed by atoms with Gasteiger partial charge >= 0.3 is 5.97 Å². The van der Waals surface area contributed by atoms with Crippen molar-refractivity contribution in [1.29, 1.82) is 0 Å². The summed E-state index contributed by atoms with van der Waals surface area (Å²) in [4.78, 5) is 16.1. The van der Waals surface area contributed by atoms with Crippen LogP contribution in [0.25, 0.3) is 6.08 Å². The number of halogens is 2. The van der Waals surface area contributed by atoms with E-state index < -0.39 is 5.97 Å². The van der Waals surface area contributed by atoms with Crippen molar-refractivity contribution >= 4 is 33.9 Å². The van der Waals surface area contributed by atoms with Gasteiger partial charge in [-0.25, -0.2) is 14.2 Å². The van der Waals surface area contributed by atoms with Gasteiger partial charge in [0.1, 0.15) is 11.6 Å². The lowest BCUT2D eigenvalue weighted by Crippen LogP contribution is -2.05. The monoisotopic (exact) mass is 375 g/mol. The Balaban J connectivity index is 1.91. The summed E-state index contributed by atoms with van der Waals surface area (Å²) in [7, 11) is 1.58. The molecule has 2 aromatic carbocycles. The minimum atomic E-state index is -0.545. The van der Waals surface area contributed by atoms with Gasteiger partial charge in [0.2, 0.25) is 5.90 Å². The number of carbonyl (C=O) groups excluding carboxylic acids is 1. The zero-order valence-corrected chi connectivity index (χ0v) is 13.6. The first kappa shape index (κ1) is 15.4. The van der Waals surface area contributed by atoms with Gasteiger partial charge in [-0.05, 0) is 64.0 Å². The zero-order chi connectivity index (χ0) is 16.4. The van der Waals surface area contributed by atoms with Crippen LogP contribution in [0.4, 0.5) is 4.39 Å². The van der Waals surface area contributed by atoms with Gasteiger partial charge in [-0.15, -0.1) is 0 Å². The average molecular weight is 376 g/mol. The molecule has 0 radical (unpaired) electrons. The molecule has 3 rings (SSSR count). The van der Waals surface area contributed by atoms with Gasteiger partial charge in [0.25, 0.3) is 0 Å². The number of ether oxygens (including phenoxy) is 2.